The second-order valence-corrected chi connectivity index (χ2v) is 7.04. The van der Waals surface area contributed by atoms with Gasteiger partial charge >= 0.3 is 0 Å². The first-order chi connectivity index (χ1) is 11.9. The fraction of sp³-hybridized carbons (Fsp3) is 0.944. The molecule has 0 aromatic carbocycles. The Balaban J connectivity index is 2.33. The highest BCUT2D eigenvalue weighted by Gasteiger charge is 2.55. The van der Waals surface area contributed by atoms with Gasteiger partial charge in [-0.25, -0.2) is 0 Å². The Morgan fingerprint density at radius 3 is 2.04 bits per heavy atom. The lowest BCUT2D eigenvalue weighted by atomic mass is 9.87. The molecule has 25 heavy (non-hydrogen) atoms. The molecule has 1 aliphatic heterocycles. The van der Waals surface area contributed by atoms with Gasteiger partial charge in [0.2, 0.25) is 5.79 Å². The SMILES string of the molecule is CCCCCCCCCCCC(=O)C1(O)O[C@H](CO)[C@@H](O)[C@H](O)[C@H]1N. The van der Waals surface area contributed by atoms with Gasteiger partial charge < -0.3 is 30.9 Å². The molecule has 1 aliphatic rings. The number of unbranched alkanes of at least 4 members (excludes halogenated alkanes) is 8. The first kappa shape index (κ1) is 22.5. The highest BCUT2D eigenvalue weighted by Crippen LogP contribution is 2.29. The van der Waals surface area contributed by atoms with Crippen LogP contribution in [-0.4, -0.2) is 63.0 Å². The van der Waals surface area contributed by atoms with Crippen molar-refractivity contribution in [2.45, 2.75) is 101 Å². The van der Waals surface area contributed by atoms with Crippen molar-refractivity contribution in [1.82, 2.24) is 0 Å². The van der Waals surface area contributed by atoms with Crippen molar-refractivity contribution in [1.29, 1.82) is 0 Å². The summed E-state index contributed by atoms with van der Waals surface area (Å²) < 4.78 is 5.13. The van der Waals surface area contributed by atoms with Gasteiger partial charge in [-0.05, 0) is 6.42 Å². The molecule has 0 bridgehead atoms. The Kier molecular flexibility index (Phi) is 10.1. The second kappa shape index (κ2) is 11.2. The molecule has 0 radical (unpaired) electrons. The summed E-state index contributed by atoms with van der Waals surface area (Å²) in [6.07, 6.45) is 5.75. The van der Waals surface area contributed by atoms with Crippen LogP contribution in [-0.2, 0) is 9.53 Å². The molecule has 148 valence electrons. The van der Waals surface area contributed by atoms with Crippen molar-refractivity contribution < 1.29 is 30.0 Å². The largest absolute Gasteiger partial charge is 0.394 e. The molecular weight excluding hydrogens is 326 g/mol. The molecule has 1 rings (SSSR count). The summed E-state index contributed by atoms with van der Waals surface area (Å²) in [6, 6.07) is -1.45. The predicted octanol–water partition coefficient (Wildman–Crippen LogP) is 0.605. The van der Waals surface area contributed by atoms with Gasteiger partial charge in [0.1, 0.15) is 18.3 Å². The maximum Gasteiger partial charge on any atom is 0.245 e. The number of carbonyl (C=O) groups is 1. The molecule has 0 aromatic rings. The highest BCUT2D eigenvalue weighted by atomic mass is 16.7. The number of nitrogens with two attached hydrogens (primary N) is 1. The molecule has 0 spiro atoms. The minimum atomic E-state index is -2.37. The molecule has 7 heteroatoms. The van der Waals surface area contributed by atoms with Gasteiger partial charge in [0.25, 0.3) is 0 Å². The van der Waals surface area contributed by atoms with Gasteiger partial charge in [0.05, 0.1) is 12.6 Å². The van der Waals surface area contributed by atoms with Gasteiger partial charge in [-0.15, -0.1) is 0 Å². The zero-order valence-electron chi connectivity index (χ0n) is 15.3. The van der Waals surface area contributed by atoms with Crippen molar-refractivity contribution >= 4 is 5.78 Å². The van der Waals surface area contributed by atoms with Crippen LogP contribution >= 0.6 is 0 Å². The van der Waals surface area contributed by atoms with Crippen LogP contribution in [0.1, 0.15) is 71.1 Å². The van der Waals surface area contributed by atoms with Gasteiger partial charge in [0, 0.05) is 6.42 Å². The van der Waals surface area contributed by atoms with E-state index in [0.717, 1.165) is 19.3 Å². The summed E-state index contributed by atoms with van der Waals surface area (Å²) in [4.78, 5) is 12.3. The van der Waals surface area contributed by atoms with E-state index in [-0.39, 0.29) is 6.42 Å². The molecule has 0 amide bonds. The molecule has 1 unspecified atom stereocenters. The van der Waals surface area contributed by atoms with Crippen molar-refractivity contribution in [3.63, 3.8) is 0 Å². The zero-order valence-corrected chi connectivity index (χ0v) is 15.3. The molecule has 1 saturated heterocycles. The number of hydrogen-bond donors (Lipinski definition) is 5. The van der Waals surface area contributed by atoms with E-state index in [1.54, 1.807) is 0 Å². The summed E-state index contributed by atoms with van der Waals surface area (Å²) in [5, 5.41) is 39.2. The fourth-order valence-electron chi connectivity index (χ4n) is 3.22. The van der Waals surface area contributed by atoms with Crippen LogP contribution in [0, 0.1) is 0 Å². The standard InChI is InChI=1S/C18H35NO6/c1-2-3-4-5-6-7-8-9-10-11-14(21)18(24)17(19)16(23)15(22)13(12-20)25-18/h13,15-17,20,22-24H,2-12,19H2,1H3/t13-,15-,16+,17-,18?/m1/s1. The Morgan fingerprint density at radius 2 is 1.52 bits per heavy atom. The minimum absolute atomic E-state index is 0.0843. The molecule has 0 saturated carbocycles. The van der Waals surface area contributed by atoms with Gasteiger partial charge in [-0.2, -0.15) is 0 Å². The van der Waals surface area contributed by atoms with Gasteiger partial charge in [-0.3, -0.25) is 4.79 Å². The summed E-state index contributed by atoms with van der Waals surface area (Å²) in [6.45, 7) is 1.56. The Hall–Kier alpha value is -0.570. The van der Waals surface area contributed by atoms with Crippen LogP contribution in [0.4, 0.5) is 0 Å². The maximum absolute atomic E-state index is 12.3. The fourth-order valence-corrected chi connectivity index (χ4v) is 3.22. The number of Topliss-reactive ketones (excluding diaryl/α,β-unsaturated/α-hetero) is 1. The third kappa shape index (κ3) is 6.27. The summed E-state index contributed by atoms with van der Waals surface area (Å²) in [7, 11) is 0. The third-order valence-corrected chi connectivity index (χ3v) is 4.97. The van der Waals surface area contributed by atoms with Gasteiger partial charge in [0.15, 0.2) is 5.78 Å². The number of ketones is 1. The van der Waals surface area contributed by atoms with E-state index in [4.69, 9.17) is 10.5 Å². The molecule has 5 atom stereocenters. The van der Waals surface area contributed by atoms with E-state index in [2.05, 4.69) is 6.92 Å². The van der Waals surface area contributed by atoms with E-state index >= 15 is 0 Å². The third-order valence-electron chi connectivity index (χ3n) is 4.97. The normalized spacial score (nSPS) is 32.7. The molecule has 0 aromatic heterocycles. The lowest BCUT2D eigenvalue weighted by molar-refractivity contribution is -0.297. The Bertz CT molecular complexity index is 392. The van der Waals surface area contributed by atoms with Crippen LogP contribution in [0.3, 0.4) is 0 Å². The van der Waals surface area contributed by atoms with Crippen LogP contribution in [0.5, 0.6) is 0 Å². The Morgan fingerprint density at radius 1 is 1.00 bits per heavy atom. The average Bonchev–Trinajstić information content (AvgIpc) is 2.61. The molecule has 6 N–H and O–H groups in total. The molecule has 0 aliphatic carbocycles. The van der Waals surface area contributed by atoms with E-state index in [9.17, 15) is 25.2 Å². The first-order valence-electron chi connectivity index (χ1n) is 9.54. The smallest absolute Gasteiger partial charge is 0.245 e. The second-order valence-electron chi connectivity index (χ2n) is 7.04. The molecule has 1 heterocycles. The van der Waals surface area contributed by atoms with Crippen LogP contribution < -0.4 is 5.73 Å². The Labute approximate surface area is 150 Å². The lowest BCUT2D eigenvalue weighted by Gasteiger charge is -2.45. The number of rotatable bonds is 12. The summed E-state index contributed by atoms with van der Waals surface area (Å²) in [5.74, 6) is -2.99. The van der Waals surface area contributed by atoms with E-state index in [0.29, 0.717) is 6.42 Å². The molecular formula is C18H35NO6. The van der Waals surface area contributed by atoms with E-state index in [1.807, 2.05) is 0 Å². The summed E-state index contributed by atoms with van der Waals surface area (Å²) >= 11 is 0. The highest BCUT2D eigenvalue weighted by molar-refractivity contribution is 5.86. The van der Waals surface area contributed by atoms with Crippen molar-refractivity contribution in [2.24, 2.45) is 5.73 Å². The quantitative estimate of drug-likeness (QED) is 0.322. The minimum Gasteiger partial charge on any atom is -0.394 e. The van der Waals surface area contributed by atoms with Crippen molar-refractivity contribution in [2.75, 3.05) is 6.61 Å². The number of carbonyl (C=O) groups excluding carboxylic acids is 1. The topological polar surface area (TPSA) is 133 Å². The summed E-state index contributed by atoms with van der Waals surface area (Å²) in [5.41, 5.74) is 5.69. The van der Waals surface area contributed by atoms with Crippen molar-refractivity contribution in [3.05, 3.63) is 0 Å². The van der Waals surface area contributed by atoms with E-state index in [1.165, 1.54) is 32.1 Å². The lowest BCUT2D eigenvalue weighted by Crippen LogP contribution is -2.71. The van der Waals surface area contributed by atoms with E-state index < -0.39 is 42.5 Å². The number of aliphatic hydroxyl groups is 4. The predicted molar refractivity (Wildman–Crippen MR) is 93.7 cm³/mol. The molecule has 1 fully saturated rings. The zero-order chi connectivity index (χ0) is 18.9. The monoisotopic (exact) mass is 361 g/mol. The number of ether oxygens (including phenoxy) is 1. The maximum atomic E-state index is 12.3. The number of hydrogen-bond acceptors (Lipinski definition) is 7. The first-order valence-corrected chi connectivity index (χ1v) is 9.54. The number of aliphatic hydroxyl groups excluding tert-OH is 3. The molecule has 7 nitrogen and oxygen atoms in total. The van der Waals surface area contributed by atoms with Crippen LogP contribution in [0.25, 0.3) is 0 Å². The average molecular weight is 361 g/mol. The van der Waals surface area contributed by atoms with Gasteiger partial charge in [-0.1, -0.05) is 58.3 Å². The van der Waals surface area contributed by atoms with Crippen LogP contribution in [0.15, 0.2) is 0 Å². The van der Waals surface area contributed by atoms with Crippen molar-refractivity contribution in [3.8, 4) is 0 Å². The van der Waals surface area contributed by atoms with Crippen LogP contribution in [0.2, 0.25) is 0 Å².